The Morgan fingerprint density at radius 2 is 1.84 bits per heavy atom. The summed E-state index contributed by atoms with van der Waals surface area (Å²) in [5.74, 6) is 2.13. The highest BCUT2D eigenvalue weighted by atomic mass is 32.2. The molecule has 2 aromatic rings. The molecule has 3 aliphatic heterocycles. The molecule has 43 heavy (non-hydrogen) atoms. The molecule has 3 heterocycles. The number of thioether (sulfide) groups is 1. The lowest BCUT2D eigenvalue weighted by molar-refractivity contribution is -0.134. The maximum atomic E-state index is 13.6. The molecule has 0 bridgehead atoms. The van der Waals surface area contributed by atoms with Gasteiger partial charge in [-0.2, -0.15) is 16.9 Å². The summed E-state index contributed by atoms with van der Waals surface area (Å²) >= 11 is 1.91. The van der Waals surface area contributed by atoms with E-state index in [0.717, 1.165) is 72.6 Å². The van der Waals surface area contributed by atoms with Gasteiger partial charge in [0.25, 0.3) is 5.91 Å². The predicted molar refractivity (Wildman–Crippen MR) is 166 cm³/mol. The molecule has 228 valence electrons. The molecule has 6 rings (SSSR count). The molecule has 2 aromatic carbocycles. The first-order valence-corrected chi connectivity index (χ1v) is 16.2. The van der Waals surface area contributed by atoms with Gasteiger partial charge in [0.1, 0.15) is 11.5 Å². The second-order valence-electron chi connectivity index (χ2n) is 11.6. The zero-order chi connectivity index (χ0) is 29.9. The number of amides is 4. The van der Waals surface area contributed by atoms with E-state index in [1.54, 1.807) is 19.2 Å². The average molecular weight is 606 g/mol. The minimum absolute atomic E-state index is 0.0364. The second-order valence-corrected chi connectivity index (χ2v) is 12.9. The smallest absolute Gasteiger partial charge is 0.315 e. The minimum Gasteiger partial charge on any atom is -0.497 e. The van der Waals surface area contributed by atoms with Gasteiger partial charge in [0, 0.05) is 28.9 Å². The van der Waals surface area contributed by atoms with Crippen LogP contribution in [0, 0.1) is 5.92 Å². The Labute approximate surface area is 256 Å². The number of unbranched alkanes of at least 4 members (excludes halogenated alkanes) is 2. The molecular weight excluding hydrogens is 566 g/mol. The molecule has 2 saturated heterocycles. The molecule has 5 atom stereocenters. The Balaban J connectivity index is 1.05. The van der Waals surface area contributed by atoms with Gasteiger partial charge in [-0.3, -0.25) is 9.59 Å². The molecule has 1 aliphatic carbocycles. The van der Waals surface area contributed by atoms with Crippen LogP contribution in [0.15, 0.2) is 47.6 Å². The third-order valence-electron chi connectivity index (χ3n) is 9.01. The van der Waals surface area contributed by atoms with Crippen molar-refractivity contribution < 1.29 is 23.9 Å². The van der Waals surface area contributed by atoms with E-state index >= 15 is 0 Å². The van der Waals surface area contributed by atoms with Crippen LogP contribution in [0.25, 0.3) is 0 Å². The first-order valence-electron chi connectivity index (χ1n) is 15.1. The highest BCUT2D eigenvalue weighted by Gasteiger charge is 2.44. The number of benzene rings is 2. The van der Waals surface area contributed by atoms with Gasteiger partial charge in [-0.25, -0.2) is 9.80 Å². The number of carbonyl (C=O) groups is 3. The molecule has 3 N–H and O–H groups in total. The van der Waals surface area contributed by atoms with Gasteiger partial charge in [-0.1, -0.05) is 31.0 Å². The van der Waals surface area contributed by atoms with Crippen molar-refractivity contribution >= 4 is 35.3 Å². The predicted octanol–water partition coefficient (Wildman–Crippen LogP) is 3.79. The van der Waals surface area contributed by atoms with Crippen molar-refractivity contribution in [2.24, 2.45) is 11.0 Å². The number of urea groups is 1. The van der Waals surface area contributed by atoms with Crippen LogP contribution in [-0.4, -0.2) is 72.4 Å². The van der Waals surface area contributed by atoms with Gasteiger partial charge in [0.05, 0.1) is 44.6 Å². The molecule has 4 amide bonds. The molecule has 0 unspecified atom stereocenters. The van der Waals surface area contributed by atoms with Crippen LogP contribution >= 0.6 is 11.8 Å². The summed E-state index contributed by atoms with van der Waals surface area (Å²) in [6.07, 6.45) is 5.85. The van der Waals surface area contributed by atoms with Crippen LogP contribution < -0.4 is 25.4 Å². The summed E-state index contributed by atoms with van der Waals surface area (Å²) in [6.45, 7) is -0.103. The van der Waals surface area contributed by atoms with Crippen molar-refractivity contribution in [1.82, 2.24) is 21.0 Å². The lowest BCUT2D eigenvalue weighted by Gasteiger charge is -2.30. The van der Waals surface area contributed by atoms with Gasteiger partial charge >= 0.3 is 6.03 Å². The maximum absolute atomic E-state index is 13.6. The number of ether oxygens (including phenoxy) is 2. The number of hydrogen-bond acceptors (Lipinski definition) is 7. The molecule has 0 radical (unpaired) electrons. The largest absolute Gasteiger partial charge is 0.497 e. The van der Waals surface area contributed by atoms with Crippen LogP contribution in [0.3, 0.4) is 0 Å². The summed E-state index contributed by atoms with van der Waals surface area (Å²) in [6, 6.07) is 13.9. The van der Waals surface area contributed by atoms with Gasteiger partial charge < -0.3 is 25.4 Å². The van der Waals surface area contributed by atoms with Gasteiger partial charge in [0.2, 0.25) is 5.91 Å². The zero-order valence-corrected chi connectivity index (χ0v) is 25.5. The number of hydrazone groups is 1. The molecule has 0 aromatic heterocycles. The third kappa shape index (κ3) is 6.18. The van der Waals surface area contributed by atoms with Crippen molar-refractivity contribution in [3.8, 4) is 11.5 Å². The fraction of sp³-hybridized carbons (Fsp3) is 0.500. The lowest BCUT2D eigenvalue weighted by atomic mass is 9.77. The van der Waals surface area contributed by atoms with Crippen LogP contribution in [0.4, 0.5) is 4.79 Å². The third-order valence-corrected chi connectivity index (χ3v) is 10.5. The Bertz CT molecular complexity index is 1400. The number of nitrogens with zero attached hydrogens (tertiary/aromatic N) is 2. The van der Waals surface area contributed by atoms with Crippen molar-refractivity contribution in [2.45, 2.75) is 68.3 Å². The first-order chi connectivity index (χ1) is 20.9. The van der Waals surface area contributed by atoms with Crippen LogP contribution in [-0.2, 0) is 16.0 Å². The molecule has 4 aliphatic rings. The standard InChI is InChI=1S/C32H39N5O5S/c1-41-21-12-9-20(10-13-21)31-23-15-11-19-8-14-22(42-2)16-24(19)29(23)36-37(31)28(39)17-33-27(38)7-5-3-4-6-26-30-25(18-43-26)34-32(40)35-30/h8-10,12-14,16,23,25-26,30-31H,3-7,11,15,17-18H2,1-2H3,(H,33,38)(H2,34,35,40)/t23-,25+,26+,30+,31-/m1/s1. The first kappa shape index (κ1) is 29.3. The fourth-order valence-electron chi connectivity index (χ4n) is 6.75. The Hall–Kier alpha value is -3.73. The summed E-state index contributed by atoms with van der Waals surface area (Å²) < 4.78 is 10.8. The van der Waals surface area contributed by atoms with E-state index in [1.807, 2.05) is 48.2 Å². The lowest BCUT2D eigenvalue weighted by Crippen LogP contribution is -2.39. The van der Waals surface area contributed by atoms with Gasteiger partial charge in [-0.05, 0) is 61.1 Å². The molecule has 0 spiro atoms. The van der Waals surface area contributed by atoms with Crippen molar-refractivity contribution in [3.63, 3.8) is 0 Å². The van der Waals surface area contributed by atoms with E-state index in [2.05, 4.69) is 22.0 Å². The highest BCUT2D eigenvalue weighted by molar-refractivity contribution is 8.00. The SMILES string of the molecule is COc1ccc([C@@H]2[C@@H]3CCc4ccc(OC)cc4C3=NN2C(=O)CNC(=O)CCCCC[C@@H]2SC[C@@H]3NC(=O)N[C@@H]32)cc1. The van der Waals surface area contributed by atoms with E-state index in [0.29, 0.717) is 11.7 Å². The van der Waals surface area contributed by atoms with Crippen LogP contribution in [0.5, 0.6) is 11.5 Å². The highest BCUT2D eigenvalue weighted by Crippen LogP contribution is 2.44. The normalized spacial score (nSPS) is 25.2. The zero-order valence-electron chi connectivity index (χ0n) is 24.6. The summed E-state index contributed by atoms with van der Waals surface area (Å²) in [7, 11) is 3.28. The topological polar surface area (TPSA) is 121 Å². The van der Waals surface area contributed by atoms with Crippen molar-refractivity contribution in [2.75, 3.05) is 26.5 Å². The number of rotatable bonds is 11. The van der Waals surface area contributed by atoms with Crippen molar-refractivity contribution in [1.29, 1.82) is 0 Å². The van der Waals surface area contributed by atoms with E-state index in [-0.39, 0.29) is 48.4 Å². The number of carbonyl (C=O) groups excluding carboxylic acids is 3. The molecular formula is C32H39N5O5S. The number of aryl methyl sites for hydroxylation is 1. The Kier molecular flexibility index (Phi) is 8.78. The van der Waals surface area contributed by atoms with E-state index in [4.69, 9.17) is 14.6 Å². The average Bonchev–Trinajstić information content (AvgIpc) is 3.72. The molecule has 0 saturated carbocycles. The monoisotopic (exact) mass is 605 g/mol. The van der Waals surface area contributed by atoms with E-state index in [9.17, 15) is 14.4 Å². The van der Waals surface area contributed by atoms with Crippen molar-refractivity contribution in [3.05, 3.63) is 59.2 Å². The summed E-state index contributed by atoms with van der Waals surface area (Å²) in [5, 5.41) is 15.7. The van der Waals surface area contributed by atoms with Crippen LogP contribution in [0.2, 0.25) is 0 Å². The quantitative estimate of drug-likeness (QED) is 0.265. The number of methoxy groups -OCH3 is 2. The molecule has 11 heteroatoms. The minimum atomic E-state index is -0.266. The van der Waals surface area contributed by atoms with Gasteiger partial charge in [-0.15, -0.1) is 0 Å². The molecule has 2 fully saturated rings. The Morgan fingerprint density at radius 3 is 2.63 bits per heavy atom. The molecule has 10 nitrogen and oxygen atoms in total. The van der Waals surface area contributed by atoms with E-state index < -0.39 is 0 Å². The number of hydrogen-bond donors (Lipinski definition) is 3. The number of fused-ring (bicyclic) bond motifs is 4. The Morgan fingerprint density at radius 1 is 1.05 bits per heavy atom. The second kappa shape index (κ2) is 12.9. The maximum Gasteiger partial charge on any atom is 0.315 e. The fourth-order valence-corrected chi connectivity index (χ4v) is 8.29. The summed E-state index contributed by atoms with van der Waals surface area (Å²) in [4.78, 5) is 37.8. The summed E-state index contributed by atoms with van der Waals surface area (Å²) in [5.41, 5.74) is 4.09. The van der Waals surface area contributed by atoms with E-state index in [1.165, 1.54) is 5.56 Å². The van der Waals surface area contributed by atoms with Crippen LogP contribution in [0.1, 0.15) is 61.3 Å². The number of nitrogens with one attached hydrogen (secondary N) is 3. The van der Waals surface area contributed by atoms with Gasteiger partial charge in [0.15, 0.2) is 0 Å².